The lowest BCUT2D eigenvalue weighted by molar-refractivity contribution is 0.640. The fourth-order valence-electron chi connectivity index (χ4n) is 1.74. The number of aromatic nitrogens is 3. The topological polar surface area (TPSA) is 42.2 Å². The number of hydrogen-bond donors (Lipinski definition) is 1. The van der Waals surface area contributed by atoms with Crippen molar-refractivity contribution in [3.63, 3.8) is 0 Å². The largest absolute Gasteiger partial charge is 0.350 e. The average Bonchev–Trinajstić information content (AvgIpc) is 2.70. The van der Waals surface area contributed by atoms with Gasteiger partial charge in [-0.15, -0.1) is 5.10 Å². The Bertz CT molecular complexity index is 494. The van der Waals surface area contributed by atoms with Crippen LogP contribution in [0.25, 0.3) is 5.65 Å². The van der Waals surface area contributed by atoms with Gasteiger partial charge in [-0.2, -0.15) is 4.98 Å². The quantitative estimate of drug-likeness (QED) is 0.918. The summed E-state index contributed by atoms with van der Waals surface area (Å²) in [6, 6.07) is 4.32. The molecule has 2 aromatic rings. The van der Waals surface area contributed by atoms with Crippen molar-refractivity contribution < 1.29 is 0 Å². The Morgan fingerprint density at radius 1 is 1.53 bits per heavy atom. The van der Waals surface area contributed by atoms with Gasteiger partial charge >= 0.3 is 0 Å². The van der Waals surface area contributed by atoms with Crippen LogP contribution in [0, 0.1) is 0 Å². The third-order valence-corrected chi connectivity index (χ3v) is 3.30. The van der Waals surface area contributed by atoms with E-state index in [2.05, 4.69) is 45.2 Å². The Kier molecular flexibility index (Phi) is 3.99. The molecule has 0 saturated heterocycles. The lowest BCUT2D eigenvalue weighted by atomic mass is 10.1. The molecule has 0 aromatic carbocycles. The number of fused-ring (bicyclic) bond motifs is 1. The molecule has 5 heteroatoms. The molecule has 4 nitrogen and oxygen atoms in total. The summed E-state index contributed by atoms with van der Waals surface area (Å²) in [4.78, 5) is 4.45. The summed E-state index contributed by atoms with van der Waals surface area (Å²) < 4.78 is 2.74. The van der Waals surface area contributed by atoms with E-state index in [9.17, 15) is 0 Å². The molecule has 0 aliphatic carbocycles. The number of rotatable bonds is 5. The zero-order valence-corrected chi connectivity index (χ0v) is 11.7. The Hall–Kier alpha value is -1.10. The fraction of sp³-hybridized carbons (Fsp3) is 0.500. The van der Waals surface area contributed by atoms with E-state index in [1.54, 1.807) is 4.52 Å². The van der Waals surface area contributed by atoms with Crippen molar-refractivity contribution in [3.05, 3.63) is 22.8 Å². The molecule has 0 bridgehead atoms. The molecule has 0 amide bonds. The molecule has 2 rings (SSSR count). The van der Waals surface area contributed by atoms with E-state index in [-0.39, 0.29) is 0 Å². The van der Waals surface area contributed by atoms with E-state index in [1.165, 1.54) is 12.8 Å². The highest BCUT2D eigenvalue weighted by atomic mass is 79.9. The first kappa shape index (κ1) is 12.4. The van der Waals surface area contributed by atoms with Gasteiger partial charge in [0.1, 0.15) is 0 Å². The zero-order valence-electron chi connectivity index (χ0n) is 10.2. The van der Waals surface area contributed by atoms with Crippen LogP contribution in [0.5, 0.6) is 0 Å². The summed E-state index contributed by atoms with van der Waals surface area (Å²) >= 11 is 3.47. The summed E-state index contributed by atoms with van der Waals surface area (Å²) in [5.74, 6) is 0.695. The Morgan fingerprint density at radius 3 is 3.06 bits per heavy atom. The van der Waals surface area contributed by atoms with Crippen LogP contribution in [0.2, 0.25) is 0 Å². The predicted octanol–water partition coefficient (Wildman–Crippen LogP) is 3.48. The van der Waals surface area contributed by atoms with E-state index >= 15 is 0 Å². The smallest absolute Gasteiger partial charge is 0.243 e. The number of nitrogens with zero attached hydrogens (tertiary/aromatic N) is 3. The van der Waals surface area contributed by atoms with Crippen molar-refractivity contribution in [2.75, 3.05) is 5.32 Å². The minimum Gasteiger partial charge on any atom is -0.350 e. The van der Waals surface area contributed by atoms with E-state index in [1.807, 2.05) is 18.3 Å². The lowest BCUT2D eigenvalue weighted by Gasteiger charge is -2.10. The normalized spacial score (nSPS) is 12.9. The van der Waals surface area contributed by atoms with Gasteiger partial charge in [-0.3, -0.25) is 0 Å². The maximum Gasteiger partial charge on any atom is 0.243 e. The van der Waals surface area contributed by atoms with Gasteiger partial charge in [-0.1, -0.05) is 19.8 Å². The first-order chi connectivity index (χ1) is 8.20. The summed E-state index contributed by atoms with van der Waals surface area (Å²) in [6.45, 7) is 4.36. The van der Waals surface area contributed by atoms with Crippen LogP contribution in [0.4, 0.5) is 5.95 Å². The van der Waals surface area contributed by atoms with Crippen molar-refractivity contribution in [1.29, 1.82) is 0 Å². The predicted molar refractivity (Wildman–Crippen MR) is 73.3 cm³/mol. The summed E-state index contributed by atoms with van der Waals surface area (Å²) in [5.41, 5.74) is 0.845. The fourth-order valence-corrected chi connectivity index (χ4v) is 2.16. The highest BCUT2D eigenvalue weighted by Gasteiger charge is 2.08. The van der Waals surface area contributed by atoms with Gasteiger partial charge in [-0.05, 0) is 41.4 Å². The monoisotopic (exact) mass is 296 g/mol. The van der Waals surface area contributed by atoms with Crippen molar-refractivity contribution in [3.8, 4) is 0 Å². The van der Waals surface area contributed by atoms with Crippen LogP contribution in [-0.4, -0.2) is 20.6 Å². The number of hydrogen-bond acceptors (Lipinski definition) is 3. The molecule has 2 heterocycles. The van der Waals surface area contributed by atoms with Gasteiger partial charge in [0.05, 0.1) is 4.47 Å². The molecule has 0 saturated carbocycles. The highest BCUT2D eigenvalue weighted by molar-refractivity contribution is 9.10. The van der Waals surface area contributed by atoms with Gasteiger partial charge in [0.25, 0.3) is 0 Å². The van der Waals surface area contributed by atoms with Crippen LogP contribution in [0.3, 0.4) is 0 Å². The van der Waals surface area contributed by atoms with E-state index in [0.29, 0.717) is 12.0 Å². The molecular weight excluding hydrogens is 280 g/mol. The van der Waals surface area contributed by atoms with Crippen molar-refractivity contribution in [2.45, 2.75) is 39.2 Å². The Morgan fingerprint density at radius 2 is 2.35 bits per heavy atom. The summed E-state index contributed by atoms with van der Waals surface area (Å²) in [5, 5.41) is 7.72. The number of anilines is 1. The number of nitrogens with one attached hydrogen (secondary N) is 1. The average molecular weight is 297 g/mol. The molecule has 2 aromatic heterocycles. The van der Waals surface area contributed by atoms with Gasteiger partial charge < -0.3 is 5.32 Å². The van der Waals surface area contributed by atoms with Gasteiger partial charge in [0.15, 0.2) is 5.65 Å². The number of pyridine rings is 1. The molecular formula is C12H17BrN4. The minimum absolute atomic E-state index is 0.408. The molecule has 17 heavy (non-hydrogen) atoms. The lowest BCUT2D eigenvalue weighted by Crippen LogP contribution is -2.15. The Labute approximate surface area is 110 Å². The van der Waals surface area contributed by atoms with Crippen molar-refractivity contribution in [2.24, 2.45) is 0 Å². The van der Waals surface area contributed by atoms with Crippen molar-refractivity contribution in [1.82, 2.24) is 14.6 Å². The SMILES string of the molecule is CCCCC(C)Nc1nc2c(Br)cccn2n1. The third-order valence-electron chi connectivity index (χ3n) is 2.68. The van der Waals surface area contributed by atoms with E-state index in [4.69, 9.17) is 0 Å². The maximum atomic E-state index is 4.45. The van der Waals surface area contributed by atoms with Crippen LogP contribution < -0.4 is 5.32 Å². The molecule has 1 N–H and O–H groups in total. The van der Waals surface area contributed by atoms with Crippen LogP contribution >= 0.6 is 15.9 Å². The summed E-state index contributed by atoms with van der Waals surface area (Å²) in [7, 11) is 0. The number of halogens is 1. The second-order valence-electron chi connectivity index (χ2n) is 4.25. The number of unbranched alkanes of at least 4 members (excludes halogenated alkanes) is 1. The molecule has 1 atom stereocenters. The third kappa shape index (κ3) is 2.97. The van der Waals surface area contributed by atoms with Gasteiger partial charge in [-0.25, -0.2) is 4.52 Å². The standard InChI is InChI=1S/C12H17BrN4/c1-3-4-6-9(2)14-12-15-11-10(13)7-5-8-17(11)16-12/h5,7-9H,3-4,6H2,1-2H3,(H,14,16). The van der Waals surface area contributed by atoms with Gasteiger partial charge in [0, 0.05) is 12.2 Å². The van der Waals surface area contributed by atoms with Crippen molar-refractivity contribution >= 4 is 27.5 Å². The molecule has 0 radical (unpaired) electrons. The minimum atomic E-state index is 0.408. The van der Waals surface area contributed by atoms with Crippen LogP contribution in [0.1, 0.15) is 33.1 Å². The summed E-state index contributed by atoms with van der Waals surface area (Å²) in [6.07, 6.45) is 5.49. The molecule has 0 aliphatic heterocycles. The van der Waals surface area contributed by atoms with E-state index in [0.717, 1.165) is 16.5 Å². The molecule has 1 unspecified atom stereocenters. The highest BCUT2D eigenvalue weighted by Crippen LogP contribution is 2.17. The van der Waals surface area contributed by atoms with Gasteiger partial charge in [0.2, 0.25) is 5.95 Å². The molecule has 0 spiro atoms. The van der Waals surface area contributed by atoms with E-state index < -0.39 is 0 Å². The second kappa shape index (κ2) is 5.49. The Balaban J connectivity index is 2.11. The first-order valence-corrected chi connectivity index (χ1v) is 6.77. The zero-order chi connectivity index (χ0) is 12.3. The van der Waals surface area contributed by atoms with Crippen LogP contribution in [0.15, 0.2) is 22.8 Å². The molecule has 0 aliphatic rings. The maximum absolute atomic E-state index is 4.45. The van der Waals surface area contributed by atoms with Crippen LogP contribution in [-0.2, 0) is 0 Å². The molecule has 92 valence electrons. The molecule has 0 fully saturated rings. The second-order valence-corrected chi connectivity index (χ2v) is 5.10. The first-order valence-electron chi connectivity index (χ1n) is 5.98.